The number of nitrogens with zero attached hydrogens (tertiary/aromatic N) is 2. The van der Waals surface area contributed by atoms with E-state index >= 15 is 0 Å². The lowest BCUT2D eigenvalue weighted by Gasteiger charge is -2.36. The fourth-order valence-corrected chi connectivity index (χ4v) is 3.68. The van der Waals surface area contributed by atoms with Crippen LogP contribution in [0.25, 0.3) is 5.69 Å². The molecular formula is C21H27N3O. The SMILES string of the molecule is C=CCCC(=O)N[C@H]1CC(C)(C)Cc2c1cnn2-c1ccccc1C. The predicted octanol–water partition coefficient (Wildman–Crippen LogP) is 4.28. The minimum Gasteiger partial charge on any atom is -0.349 e. The van der Waals surface area contributed by atoms with Gasteiger partial charge in [0.25, 0.3) is 0 Å². The van der Waals surface area contributed by atoms with Crippen LogP contribution in [-0.4, -0.2) is 15.7 Å². The fraction of sp³-hybridized carbons (Fsp3) is 0.429. The highest BCUT2D eigenvalue weighted by Gasteiger charge is 2.36. The van der Waals surface area contributed by atoms with Gasteiger partial charge in [0, 0.05) is 12.0 Å². The Morgan fingerprint density at radius 3 is 2.92 bits per heavy atom. The summed E-state index contributed by atoms with van der Waals surface area (Å²) in [5.41, 5.74) is 4.78. The molecule has 1 heterocycles. The summed E-state index contributed by atoms with van der Waals surface area (Å²) >= 11 is 0. The van der Waals surface area contributed by atoms with Gasteiger partial charge in [0.05, 0.1) is 23.6 Å². The van der Waals surface area contributed by atoms with E-state index in [1.54, 1.807) is 6.08 Å². The Labute approximate surface area is 149 Å². The maximum absolute atomic E-state index is 12.2. The molecule has 1 aromatic carbocycles. The average Bonchev–Trinajstić information content (AvgIpc) is 2.95. The number of amides is 1. The highest BCUT2D eigenvalue weighted by Crippen LogP contribution is 2.41. The van der Waals surface area contributed by atoms with E-state index in [1.807, 2.05) is 18.3 Å². The Hall–Kier alpha value is -2.36. The van der Waals surface area contributed by atoms with Crippen molar-refractivity contribution in [3.8, 4) is 5.69 Å². The number of fused-ring (bicyclic) bond motifs is 1. The standard InChI is InChI=1S/C21H27N3O/c1-5-6-11-20(25)23-17-12-21(3,4)13-19-16(17)14-22-24(19)18-10-8-7-9-15(18)2/h5,7-10,14,17H,1,6,11-13H2,2-4H3,(H,23,25)/t17-/m0/s1. The molecule has 1 aliphatic carbocycles. The van der Waals surface area contributed by atoms with E-state index in [2.05, 4.69) is 54.6 Å². The zero-order valence-electron chi connectivity index (χ0n) is 15.4. The topological polar surface area (TPSA) is 46.9 Å². The minimum absolute atomic E-state index is 0.0221. The van der Waals surface area contributed by atoms with Gasteiger partial charge in [-0.1, -0.05) is 38.1 Å². The number of nitrogens with one attached hydrogen (secondary N) is 1. The van der Waals surface area contributed by atoms with Crippen LogP contribution in [0.1, 0.15) is 56.0 Å². The van der Waals surface area contributed by atoms with Crippen LogP contribution in [0.2, 0.25) is 0 Å². The van der Waals surface area contributed by atoms with Crippen molar-refractivity contribution in [3.63, 3.8) is 0 Å². The van der Waals surface area contributed by atoms with Gasteiger partial charge in [-0.3, -0.25) is 4.79 Å². The molecule has 1 aliphatic rings. The maximum Gasteiger partial charge on any atom is 0.220 e. The lowest BCUT2D eigenvalue weighted by atomic mass is 9.74. The number of benzene rings is 1. The molecule has 0 saturated carbocycles. The number of aromatic nitrogens is 2. The smallest absolute Gasteiger partial charge is 0.220 e. The zero-order valence-corrected chi connectivity index (χ0v) is 15.4. The van der Waals surface area contributed by atoms with Crippen molar-refractivity contribution in [2.24, 2.45) is 5.41 Å². The van der Waals surface area contributed by atoms with Crippen molar-refractivity contribution in [1.29, 1.82) is 0 Å². The second kappa shape index (κ2) is 6.87. The minimum atomic E-state index is 0.0221. The Kier molecular flexibility index (Phi) is 4.80. The number of aryl methyl sites for hydroxylation is 1. The highest BCUT2D eigenvalue weighted by atomic mass is 16.1. The van der Waals surface area contributed by atoms with Gasteiger partial charge in [-0.05, 0) is 43.2 Å². The highest BCUT2D eigenvalue weighted by molar-refractivity contribution is 5.76. The molecule has 0 saturated heterocycles. The summed E-state index contributed by atoms with van der Waals surface area (Å²) in [4.78, 5) is 12.2. The van der Waals surface area contributed by atoms with Gasteiger partial charge in [-0.2, -0.15) is 5.10 Å². The second-order valence-corrected chi connectivity index (χ2v) is 7.74. The lowest BCUT2D eigenvalue weighted by Crippen LogP contribution is -2.36. The summed E-state index contributed by atoms with van der Waals surface area (Å²) in [6, 6.07) is 8.31. The molecule has 2 aromatic rings. The summed E-state index contributed by atoms with van der Waals surface area (Å²) < 4.78 is 2.05. The van der Waals surface area contributed by atoms with Crippen molar-refractivity contribution in [1.82, 2.24) is 15.1 Å². The Balaban J connectivity index is 1.95. The first-order valence-electron chi connectivity index (χ1n) is 8.94. The molecule has 1 atom stereocenters. The predicted molar refractivity (Wildman–Crippen MR) is 101 cm³/mol. The van der Waals surface area contributed by atoms with Crippen molar-refractivity contribution in [2.45, 2.75) is 52.5 Å². The summed E-state index contributed by atoms with van der Waals surface area (Å²) in [7, 11) is 0. The third kappa shape index (κ3) is 3.68. The van der Waals surface area contributed by atoms with Crippen LogP contribution in [-0.2, 0) is 11.2 Å². The quantitative estimate of drug-likeness (QED) is 0.828. The van der Waals surface area contributed by atoms with Crippen molar-refractivity contribution in [3.05, 3.63) is 59.9 Å². The number of carbonyl (C=O) groups is 1. The molecule has 0 spiro atoms. The summed E-state index contributed by atoms with van der Waals surface area (Å²) in [6.45, 7) is 10.3. The van der Waals surface area contributed by atoms with Crippen LogP contribution in [0.3, 0.4) is 0 Å². The summed E-state index contributed by atoms with van der Waals surface area (Å²) in [6.07, 6.45) is 6.79. The van der Waals surface area contributed by atoms with Crippen LogP contribution in [0.4, 0.5) is 0 Å². The van der Waals surface area contributed by atoms with Crippen molar-refractivity contribution in [2.75, 3.05) is 0 Å². The van der Waals surface area contributed by atoms with Crippen LogP contribution in [0.5, 0.6) is 0 Å². The molecule has 132 valence electrons. The molecule has 0 bridgehead atoms. The zero-order chi connectivity index (χ0) is 18.0. The van der Waals surface area contributed by atoms with E-state index in [-0.39, 0.29) is 17.4 Å². The molecule has 1 N–H and O–H groups in total. The van der Waals surface area contributed by atoms with Gasteiger partial charge in [-0.15, -0.1) is 6.58 Å². The molecule has 0 radical (unpaired) electrons. The Morgan fingerprint density at radius 2 is 2.20 bits per heavy atom. The van der Waals surface area contributed by atoms with Crippen LogP contribution < -0.4 is 5.32 Å². The third-order valence-electron chi connectivity index (χ3n) is 4.93. The van der Waals surface area contributed by atoms with Gasteiger partial charge in [0.2, 0.25) is 5.91 Å². The number of para-hydroxylation sites is 1. The number of rotatable bonds is 5. The number of hydrogen-bond donors (Lipinski definition) is 1. The molecule has 1 aromatic heterocycles. The number of hydrogen-bond acceptors (Lipinski definition) is 2. The first-order valence-corrected chi connectivity index (χ1v) is 8.94. The molecule has 0 fully saturated rings. The molecule has 0 aliphatic heterocycles. The number of carbonyl (C=O) groups excluding carboxylic acids is 1. The van der Waals surface area contributed by atoms with Crippen molar-refractivity contribution >= 4 is 5.91 Å². The largest absolute Gasteiger partial charge is 0.349 e. The molecule has 4 heteroatoms. The lowest BCUT2D eigenvalue weighted by molar-refractivity contribution is -0.122. The van der Waals surface area contributed by atoms with Gasteiger partial charge in [0.1, 0.15) is 0 Å². The van der Waals surface area contributed by atoms with E-state index in [0.717, 1.165) is 24.1 Å². The van der Waals surface area contributed by atoms with Gasteiger partial charge < -0.3 is 5.32 Å². The van der Waals surface area contributed by atoms with E-state index in [4.69, 9.17) is 0 Å². The van der Waals surface area contributed by atoms with E-state index in [1.165, 1.54) is 11.3 Å². The van der Waals surface area contributed by atoms with Crippen molar-refractivity contribution < 1.29 is 4.79 Å². The van der Waals surface area contributed by atoms with Crippen LogP contribution in [0.15, 0.2) is 43.1 Å². The molecule has 1 amide bonds. The maximum atomic E-state index is 12.2. The molecule has 4 nitrogen and oxygen atoms in total. The molecule has 0 unspecified atom stereocenters. The molecular weight excluding hydrogens is 310 g/mol. The summed E-state index contributed by atoms with van der Waals surface area (Å²) in [5.74, 6) is 0.0807. The number of allylic oxidation sites excluding steroid dienone is 1. The monoisotopic (exact) mass is 337 g/mol. The second-order valence-electron chi connectivity index (χ2n) is 7.74. The normalized spacial score (nSPS) is 18.4. The average molecular weight is 337 g/mol. The van der Waals surface area contributed by atoms with Crippen LogP contribution >= 0.6 is 0 Å². The van der Waals surface area contributed by atoms with Crippen LogP contribution in [0, 0.1) is 12.3 Å². The first-order chi connectivity index (χ1) is 11.9. The molecule has 3 rings (SSSR count). The Morgan fingerprint density at radius 1 is 1.44 bits per heavy atom. The van der Waals surface area contributed by atoms with Gasteiger partial charge in [0.15, 0.2) is 0 Å². The van der Waals surface area contributed by atoms with Gasteiger partial charge >= 0.3 is 0 Å². The third-order valence-corrected chi connectivity index (χ3v) is 4.93. The first kappa shape index (κ1) is 17.5. The Bertz CT molecular complexity index is 788. The van der Waals surface area contributed by atoms with E-state index in [0.29, 0.717) is 12.8 Å². The fourth-order valence-electron chi connectivity index (χ4n) is 3.68. The van der Waals surface area contributed by atoms with E-state index in [9.17, 15) is 4.79 Å². The summed E-state index contributed by atoms with van der Waals surface area (Å²) in [5, 5.41) is 7.87. The van der Waals surface area contributed by atoms with E-state index < -0.39 is 0 Å². The van der Waals surface area contributed by atoms with Gasteiger partial charge in [-0.25, -0.2) is 4.68 Å². The molecule has 25 heavy (non-hydrogen) atoms.